The normalized spacial score (nSPS) is 15.2. The lowest BCUT2D eigenvalue weighted by Gasteiger charge is -2.17. The number of nitrogens with zero attached hydrogens (tertiary/aromatic N) is 2. The topological polar surface area (TPSA) is 66.1 Å². The van der Waals surface area contributed by atoms with Crippen LogP contribution in [0.15, 0.2) is 21.6 Å². The molecule has 134 valence electrons. The number of aromatic amines is 1. The summed E-state index contributed by atoms with van der Waals surface area (Å²) in [5, 5.41) is 4.57. The Morgan fingerprint density at radius 1 is 1.31 bits per heavy atom. The predicted octanol–water partition coefficient (Wildman–Crippen LogP) is 3.83. The highest BCUT2D eigenvalue weighted by molar-refractivity contribution is 7.18. The van der Waals surface area contributed by atoms with Crippen molar-refractivity contribution in [1.82, 2.24) is 14.9 Å². The minimum atomic E-state index is -0.183. The highest BCUT2D eigenvalue weighted by Gasteiger charge is 2.25. The van der Waals surface area contributed by atoms with Crippen molar-refractivity contribution < 1.29 is 4.79 Å². The first-order valence-electron chi connectivity index (χ1n) is 8.58. The van der Waals surface area contributed by atoms with Gasteiger partial charge in [-0.3, -0.25) is 9.59 Å². The second-order valence-corrected chi connectivity index (χ2v) is 8.48. The molecule has 3 aromatic heterocycles. The van der Waals surface area contributed by atoms with Crippen LogP contribution in [0.2, 0.25) is 0 Å². The van der Waals surface area contributed by atoms with Crippen molar-refractivity contribution in [3.63, 3.8) is 0 Å². The minimum absolute atomic E-state index is 0.0683. The van der Waals surface area contributed by atoms with Crippen molar-refractivity contribution in [3.05, 3.63) is 49.0 Å². The van der Waals surface area contributed by atoms with Gasteiger partial charge in [0.25, 0.3) is 11.5 Å². The molecule has 0 saturated carbocycles. The number of fused-ring (bicyclic) bond motifs is 1. The van der Waals surface area contributed by atoms with E-state index >= 15 is 0 Å². The number of hydrogen-bond donors (Lipinski definition) is 1. The van der Waals surface area contributed by atoms with Gasteiger partial charge in [0.15, 0.2) is 0 Å². The number of carbonyl (C=O) groups is 1. The van der Waals surface area contributed by atoms with Gasteiger partial charge in [-0.1, -0.05) is 0 Å². The number of H-pyrrole nitrogens is 1. The van der Waals surface area contributed by atoms with Crippen molar-refractivity contribution in [2.45, 2.75) is 26.7 Å². The second-order valence-electron chi connectivity index (χ2n) is 6.49. The first-order chi connectivity index (χ1) is 12.5. The van der Waals surface area contributed by atoms with Gasteiger partial charge in [-0.25, -0.2) is 4.98 Å². The number of carbonyl (C=O) groups excluding carboxylic acids is 1. The zero-order valence-corrected chi connectivity index (χ0v) is 16.3. The van der Waals surface area contributed by atoms with Gasteiger partial charge in [0, 0.05) is 18.0 Å². The Bertz CT molecular complexity index is 1050. The van der Waals surface area contributed by atoms with Crippen molar-refractivity contribution in [2.24, 2.45) is 0 Å². The van der Waals surface area contributed by atoms with E-state index in [4.69, 9.17) is 0 Å². The lowest BCUT2D eigenvalue weighted by atomic mass is 10.1. The summed E-state index contributed by atoms with van der Waals surface area (Å²) in [6, 6.07) is 1.96. The van der Waals surface area contributed by atoms with Crippen LogP contribution < -0.4 is 5.56 Å². The van der Waals surface area contributed by atoms with Crippen LogP contribution in [0.25, 0.3) is 21.9 Å². The van der Waals surface area contributed by atoms with Crippen LogP contribution in [0.4, 0.5) is 0 Å². The second kappa shape index (κ2) is 6.81. The van der Waals surface area contributed by atoms with Gasteiger partial charge < -0.3 is 9.88 Å². The summed E-state index contributed by atoms with van der Waals surface area (Å²) in [5.41, 5.74) is 2.17. The van der Waals surface area contributed by atoms with Crippen molar-refractivity contribution in [2.75, 3.05) is 13.1 Å². The summed E-state index contributed by atoms with van der Waals surface area (Å²) in [5.74, 6) is 0.285. The van der Waals surface area contributed by atoms with E-state index in [1.165, 1.54) is 11.3 Å². The maximum absolute atomic E-state index is 13.1. The number of nitrogens with one attached hydrogen (secondary N) is 1. The molecule has 4 heterocycles. The molecule has 0 spiro atoms. The lowest BCUT2D eigenvalue weighted by Crippen LogP contribution is -2.29. The van der Waals surface area contributed by atoms with E-state index in [9.17, 15) is 9.59 Å². The Labute approximate surface area is 159 Å². The predicted molar refractivity (Wildman–Crippen MR) is 108 cm³/mol. The number of amides is 1. The van der Waals surface area contributed by atoms with Crippen LogP contribution in [0, 0.1) is 13.8 Å². The van der Waals surface area contributed by atoms with Gasteiger partial charge in [0.05, 0.1) is 11.0 Å². The van der Waals surface area contributed by atoms with E-state index < -0.39 is 0 Å². The molecule has 0 bridgehead atoms. The van der Waals surface area contributed by atoms with Crippen LogP contribution in [0.3, 0.4) is 0 Å². The first-order valence-corrected chi connectivity index (χ1v) is 10.3. The van der Waals surface area contributed by atoms with Crippen LogP contribution >= 0.6 is 22.7 Å². The summed E-state index contributed by atoms with van der Waals surface area (Å²) in [6.45, 7) is 5.42. The fourth-order valence-electron chi connectivity index (χ4n) is 3.23. The van der Waals surface area contributed by atoms with E-state index in [0.29, 0.717) is 21.6 Å². The highest BCUT2D eigenvalue weighted by atomic mass is 32.1. The van der Waals surface area contributed by atoms with Crippen molar-refractivity contribution in [1.29, 1.82) is 0 Å². The number of aryl methyl sites for hydroxylation is 2. The Kier molecular flexibility index (Phi) is 4.50. The molecule has 3 aromatic rings. The molecule has 5 nitrogen and oxygen atoms in total. The molecular weight excluding hydrogens is 366 g/mol. The average molecular weight is 386 g/mol. The molecule has 0 radical (unpaired) electrons. The molecule has 1 aliphatic heterocycles. The number of aromatic nitrogens is 2. The van der Waals surface area contributed by atoms with Crippen molar-refractivity contribution >= 4 is 50.4 Å². The smallest absolute Gasteiger partial charge is 0.260 e. The number of hydrogen-bond acceptors (Lipinski definition) is 5. The molecule has 0 aromatic carbocycles. The van der Waals surface area contributed by atoms with Crippen LogP contribution in [0.1, 0.15) is 34.7 Å². The molecule has 0 aliphatic carbocycles. The third-order valence-electron chi connectivity index (χ3n) is 4.77. The van der Waals surface area contributed by atoms with Crippen molar-refractivity contribution in [3.8, 4) is 0 Å². The molecule has 0 atom stereocenters. The summed E-state index contributed by atoms with van der Waals surface area (Å²) in [6.07, 6.45) is 3.86. The van der Waals surface area contributed by atoms with E-state index in [-0.39, 0.29) is 11.5 Å². The maximum atomic E-state index is 13.1. The van der Waals surface area contributed by atoms with Gasteiger partial charge in [0.1, 0.15) is 10.7 Å². The quantitative estimate of drug-likeness (QED) is 0.697. The van der Waals surface area contributed by atoms with E-state index in [1.807, 2.05) is 41.6 Å². The van der Waals surface area contributed by atoms with E-state index in [0.717, 1.165) is 41.9 Å². The molecule has 1 saturated heterocycles. The molecule has 26 heavy (non-hydrogen) atoms. The van der Waals surface area contributed by atoms with Gasteiger partial charge >= 0.3 is 0 Å². The van der Waals surface area contributed by atoms with Gasteiger partial charge in [-0.05, 0) is 60.7 Å². The SMILES string of the molecule is Cc1sc2nc(/C(=C\c3ccsc3)C(=O)N3CCCC3)[nH]c(=O)c2c1C. The average Bonchev–Trinajstić information content (AvgIpc) is 3.35. The molecule has 1 amide bonds. The van der Waals surface area contributed by atoms with Crippen LogP contribution in [-0.4, -0.2) is 33.9 Å². The Morgan fingerprint density at radius 3 is 2.77 bits per heavy atom. The molecule has 4 rings (SSSR count). The van der Waals surface area contributed by atoms with Gasteiger partial charge in [-0.2, -0.15) is 11.3 Å². The molecule has 1 fully saturated rings. The lowest BCUT2D eigenvalue weighted by molar-refractivity contribution is -0.123. The maximum Gasteiger partial charge on any atom is 0.260 e. The Hall–Kier alpha value is -2.25. The monoisotopic (exact) mass is 385 g/mol. The molecule has 1 N–H and O–H groups in total. The zero-order chi connectivity index (χ0) is 18.3. The zero-order valence-electron chi connectivity index (χ0n) is 14.7. The van der Waals surface area contributed by atoms with E-state index in [1.54, 1.807) is 11.3 Å². The van der Waals surface area contributed by atoms with Gasteiger partial charge in [0.2, 0.25) is 0 Å². The number of thiophene rings is 2. The Balaban J connectivity index is 1.87. The first kappa shape index (κ1) is 17.2. The summed E-state index contributed by atoms with van der Waals surface area (Å²) >= 11 is 3.07. The summed E-state index contributed by atoms with van der Waals surface area (Å²) < 4.78 is 0. The van der Waals surface area contributed by atoms with Crippen LogP contribution in [-0.2, 0) is 4.79 Å². The third kappa shape index (κ3) is 3.01. The largest absolute Gasteiger partial charge is 0.339 e. The molecule has 0 unspecified atom stereocenters. The summed E-state index contributed by atoms with van der Waals surface area (Å²) in [4.78, 5) is 36.8. The Morgan fingerprint density at radius 2 is 2.08 bits per heavy atom. The van der Waals surface area contributed by atoms with Gasteiger partial charge in [-0.15, -0.1) is 11.3 Å². The number of likely N-dealkylation sites (tertiary alicyclic amines) is 1. The van der Waals surface area contributed by atoms with E-state index in [2.05, 4.69) is 9.97 Å². The fraction of sp³-hybridized carbons (Fsp3) is 0.316. The van der Waals surface area contributed by atoms with Crippen LogP contribution in [0.5, 0.6) is 0 Å². The molecule has 7 heteroatoms. The fourth-order valence-corrected chi connectivity index (χ4v) is 4.88. The standard InChI is InChI=1S/C19H19N3O2S2/c1-11-12(2)26-18-15(11)17(23)20-16(21-18)14(9-13-5-8-25-10-13)19(24)22-6-3-4-7-22/h5,8-10H,3-4,6-7H2,1-2H3,(H,20,21,23)/b14-9+. The highest BCUT2D eigenvalue weighted by Crippen LogP contribution is 2.28. The summed E-state index contributed by atoms with van der Waals surface area (Å²) in [7, 11) is 0. The number of rotatable bonds is 3. The molecule has 1 aliphatic rings. The minimum Gasteiger partial charge on any atom is -0.339 e. The third-order valence-corrected chi connectivity index (χ3v) is 6.57. The molecular formula is C19H19N3O2S2.